The topological polar surface area (TPSA) is 61.9 Å². The Bertz CT molecular complexity index is 560. The van der Waals surface area contributed by atoms with Crippen LogP contribution < -0.4 is 10.1 Å². The summed E-state index contributed by atoms with van der Waals surface area (Å²) in [5.41, 5.74) is 0. The van der Waals surface area contributed by atoms with Crippen LogP contribution in [0.25, 0.3) is 0 Å². The molecular weight excluding hydrogens is 330 g/mol. The summed E-state index contributed by atoms with van der Waals surface area (Å²) in [5, 5.41) is 3.40. The van der Waals surface area contributed by atoms with Crippen molar-refractivity contribution in [3.63, 3.8) is 0 Å². The second-order valence-corrected chi connectivity index (χ2v) is 6.10. The quantitative estimate of drug-likeness (QED) is 0.804. The molecule has 1 aromatic rings. The maximum Gasteiger partial charge on any atom is 0.234 e. The Kier molecular flexibility index (Phi) is 7.34. The van der Waals surface area contributed by atoms with E-state index in [1.165, 1.54) is 0 Å². The molecule has 6 nitrogen and oxygen atoms in total. The van der Waals surface area contributed by atoms with Crippen LogP contribution in [0.1, 0.15) is 13.3 Å². The maximum absolute atomic E-state index is 12.2. The van der Waals surface area contributed by atoms with Crippen LogP contribution in [0, 0.1) is 0 Å². The molecule has 0 bridgehead atoms. The van der Waals surface area contributed by atoms with Gasteiger partial charge in [-0.3, -0.25) is 14.5 Å². The Labute approximate surface area is 147 Å². The average molecular weight is 354 g/mol. The van der Waals surface area contributed by atoms with Gasteiger partial charge in [-0.25, -0.2) is 0 Å². The molecule has 0 unspecified atom stereocenters. The zero-order chi connectivity index (χ0) is 17.4. The third-order valence-corrected chi connectivity index (χ3v) is 4.08. The van der Waals surface area contributed by atoms with Crippen molar-refractivity contribution in [1.29, 1.82) is 0 Å². The number of benzene rings is 1. The van der Waals surface area contributed by atoms with Gasteiger partial charge in [0.15, 0.2) is 0 Å². The lowest BCUT2D eigenvalue weighted by atomic mass is 10.2. The standard InChI is InChI=1S/C17H24ClN3O3/c1-2-19-16(22)13-20-7-9-21(10-8-20)17(23)6-11-24-15-5-3-4-14(18)12-15/h3-5,12H,2,6-11,13H2,1H3,(H,19,22). The van der Waals surface area contributed by atoms with Crippen LogP contribution >= 0.6 is 11.6 Å². The number of nitrogens with zero attached hydrogens (tertiary/aromatic N) is 2. The van der Waals surface area contributed by atoms with Gasteiger partial charge >= 0.3 is 0 Å². The SMILES string of the molecule is CCNC(=O)CN1CCN(C(=O)CCOc2cccc(Cl)c2)CC1. The smallest absolute Gasteiger partial charge is 0.234 e. The van der Waals surface area contributed by atoms with Crippen molar-refractivity contribution >= 4 is 23.4 Å². The maximum atomic E-state index is 12.2. The first kappa shape index (κ1) is 18.5. The molecule has 1 fully saturated rings. The Hall–Kier alpha value is -1.79. The normalized spacial score (nSPS) is 15.2. The minimum atomic E-state index is 0.0344. The highest BCUT2D eigenvalue weighted by Gasteiger charge is 2.22. The molecule has 132 valence electrons. The van der Waals surface area contributed by atoms with Crippen LogP contribution in [-0.4, -0.2) is 67.5 Å². The van der Waals surface area contributed by atoms with Crippen molar-refractivity contribution in [2.24, 2.45) is 0 Å². The Morgan fingerprint density at radius 2 is 2.00 bits per heavy atom. The van der Waals surface area contributed by atoms with Gasteiger partial charge in [-0.15, -0.1) is 0 Å². The Balaban J connectivity index is 1.66. The van der Waals surface area contributed by atoms with E-state index in [-0.39, 0.29) is 11.8 Å². The van der Waals surface area contributed by atoms with Crippen molar-refractivity contribution < 1.29 is 14.3 Å². The van der Waals surface area contributed by atoms with E-state index in [0.29, 0.717) is 50.0 Å². The number of ether oxygens (including phenoxy) is 1. The number of piperazine rings is 1. The Morgan fingerprint density at radius 1 is 1.25 bits per heavy atom. The van der Waals surface area contributed by atoms with Crippen molar-refractivity contribution in [2.45, 2.75) is 13.3 Å². The van der Waals surface area contributed by atoms with E-state index in [9.17, 15) is 9.59 Å². The van der Waals surface area contributed by atoms with Crippen LogP contribution in [0.5, 0.6) is 5.75 Å². The fraction of sp³-hybridized carbons (Fsp3) is 0.529. The summed E-state index contributed by atoms with van der Waals surface area (Å²) < 4.78 is 5.55. The fourth-order valence-electron chi connectivity index (χ4n) is 2.58. The van der Waals surface area contributed by atoms with Gasteiger partial charge in [0, 0.05) is 37.7 Å². The zero-order valence-electron chi connectivity index (χ0n) is 14.0. The second kappa shape index (κ2) is 9.49. The molecule has 0 saturated carbocycles. The number of carbonyl (C=O) groups excluding carboxylic acids is 2. The predicted octanol–water partition coefficient (Wildman–Crippen LogP) is 1.39. The van der Waals surface area contributed by atoms with Gasteiger partial charge in [0.05, 0.1) is 19.6 Å². The number of likely N-dealkylation sites (N-methyl/N-ethyl adjacent to an activating group) is 1. The predicted molar refractivity (Wildman–Crippen MR) is 93.3 cm³/mol. The number of carbonyl (C=O) groups is 2. The third kappa shape index (κ3) is 6.02. The van der Waals surface area contributed by atoms with E-state index < -0.39 is 0 Å². The van der Waals surface area contributed by atoms with E-state index in [1.807, 2.05) is 24.0 Å². The van der Waals surface area contributed by atoms with Crippen molar-refractivity contribution in [1.82, 2.24) is 15.1 Å². The first-order valence-electron chi connectivity index (χ1n) is 8.23. The molecule has 1 aliphatic heterocycles. The first-order valence-corrected chi connectivity index (χ1v) is 8.61. The fourth-order valence-corrected chi connectivity index (χ4v) is 2.76. The Morgan fingerprint density at radius 3 is 2.67 bits per heavy atom. The summed E-state index contributed by atoms with van der Waals surface area (Å²) in [6.07, 6.45) is 0.336. The molecule has 1 heterocycles. The molecule has 0 aromatic heterocycles. The van der Waals surface area contributed by atoms with Crippen LogP contribution in [0.4, 0.5) is 0 Å². The number of halogens is 1. The zero-order valence-corrected chi connectivity index (χ0v) is 14.7. The summed E-state index contributed by atoms with van der Waals surface area (Å²) in [5.74, 6) is 0.781. The molecule has 1 aliphatic rings. The molecule has 7 heteroatoms. The van der Waals surface area contributed by atoms with E-state index in [4.69, 9.17) is 16.3 Å². The molecule has 0 spiro atoms. The number of hydrogen-bond donors (Lipinski definition) is 1. The highest BCUT2D eigenvalue weighted by Crippen LogP contribution is 2.17. The molecule has 0 radical (unpaired) electrons. The molecule has 1 N–H and O–H groups in total. The molecule has 24 heavy (non-hydrogen) atoms. The average Bonchev–Trinajstić information content (AvgIpc) is 2.55. The summed E-state index contributed by atoms with van der Waals surface area (Å²) in [7, 11) is 0. The number of amides is 2. The second-order valence-electron chi connectivity index (χ2n) is 5.67. The van der Waals surface area contributed by atoms with Gasteiger partial charge in [-0.1, -0.05) is 17.7 Å². The molecule has 0 aliphatic carbocycles. The van der Waals surface area contributed by atoms with Crippen molar-refractivity contribution in [2.75, 3.05) is 45.9 Å². The van der Waals surface area contributed by atoms with Gasteiger partial charge in [-0.2, -0.15) is 0 Å². The highest BCUT2D eigenvalue weighted by atomic mass is 35.5. The summed E-state index contributed by atoms with van der Waals surface area (Å²) in [6.45, 7) is 6.01. The lowest BCUT2D eigenvalue weighted by molar-refractivity contribution is -0.133. The summed E-state index contributed by atoms with van der Waals surface area (Å²) in [6, 6.07) is 7.13. The van der Waals surface area contributed by atoms with E-state index in [0.717, 1.165) is 13.1 Å². The van der Waals surface area contributed by atoms with Crippen LogP contribution in [0.15, 0.2) is 24.3 Å². The number of rotatable bonds is 7. The molecule has 2 amide bonds. The molecular formula is C17H24ClN3O3. The van der Waals surface area contributed by atoms with Gasteiger partial charge in [0.25, 0.3) is 0 Å². The van der Waals surface area contributed by atoms with Gasteiger partial charge in [0.2, 0.25) is 11.8 Å². The molecule has 2 rings (SSSR count). The third-order valence-electron chi connectivity index (χ3n) is 3.85. The first-order chi connectivity index (χ1) is 11.6. The monoisotopic (exact) mass is 353 g/mol. The van der Waals surface area contributed by atoms with E-state index in [1.54, 1.807) is 12.1 Å². The van der Waals surface area contributed by atoms with Crippen molar-refractivity contribution in [3.05, 3.63) is 29.3 Å². The van der Waals surface area contributed by atoms with Crippen molar-refractivity contribution in [3.8, 4) is 5.75 Å². The van der Waals surface area contributed by atoms with E-state index >= 15 is 0 Å². The highest BCUT2D eigenvalue weighted by molar-refractivity contribution is 6.30. The summed E-state index contributed by atoms with van der Waals surface area (Å²) >= 11 is 5.89. The van der Waals surface area contributed by atoms with Crippen LogP contribution in [-0.2, 0) is 9.59 Å². The van der Waals surface area contributed by atoms with Crippen LogP contribution in [0.3, 0.4) is 0 Å². The van der Waals surface area contributed by atoms with Crippen LogP contribution in [0.2, 0.25) is 5.02 Å². The lowest BCUT2D eigenvalue weighted by Crippen LogP contribution is -2.51. The van der Waals surface area contributed by atoms with Gasteiger partial charge in [-0.05, 0) is 25.1 Å². The van der Waals surface area contributed by atoms with Gasteiger partial charge < -0.3 is 15.0 Å². The molecule has 0 atom stereocenters. The number of hydrogen-bond acceptors (Lipinski definition) is 4. The van der Waals surface area contributed by atoms with E-state index in [2.05, 4.69) is 10.2 Å². The largest absolute Gasteiger partial charge is 0.493 e. The molecule has 1 aromatic carbocycles. The summed E-state index contributed by atoms with van der Waals surface area (Å²) in [4.78, 5) is 27.7. The minimum absolute atomic E-state index is 0.0344. The molecule has 1 saturated heterocycles. The minimum Gasteiger partial charge on any atom is -0.493 e. The number of nitrogens with one attached hydrogen (secondary N) is 1. The van der Waals surface area contributed by atoms with Gasteiger partial charge in [0.1, 0.15) is 5.75 Å². The lowest BCUT2D eigenvalue weighted by Gasteiger charge is -2.34.